The third kappa shape index (κ3) is 4.37. The van der Waals surface area contributed by atoms with Crippen molar-refractivity contribution in [1.82, 2.24) is 10.2 Å². The molecular weight excluding hydrogens is 319 g/mol. The molecule has 1 fully saturated rings. The van der Waals surface area contributed by atoms with Crippen LogP contribution in [0.15, 0.2) is 48.5 Å². The summed E-state index contributed by atoms with van der Waals surface area (Å²) in [5, 5.41) is 3.17. The van der Waals surface area contributed by atoms with Crippen LogP contribution in [0.1, 0.15) is 22.3 Å². The molecule has 1 N–H and O–H groups in total. The zero-order chi connectivity index (χ0) is 17.6. The van der Waals surface area contributed by atoms with Crippen molar-refractivity contribution in [1.29, 1.82) is 0 Å². The van der Waals surface area contributed by atoms with Crippen molar-refractivity contribution < 1.29 is 13.9 Å². The lowest BCUT2D eigenvalue weighted by atomic mass is 10.1. The van der Waals surface area contributed by atoms with Crippen LogP contribution in [0, 0.1) is 11.7 Å². The third-order valence-corrected chi connectivity index (χ3v) is 4.49. The maximum Gasteiger partial charge on any atom is 0.257 e. The molecule has 1 atom stereocenters. The third-order valence-electron chi connectivity index (χ3n) is 4.49. The Morgan fingerprint density at radius 1 is 1.24 bits per heavy atom. The molecule has 1 aliphatic rings. The number of nitrogens with one attached hydrogen (secondary N) is 1. The van der Waals surface area contributed by atoms with Gasteiger partial charge in [0.15, 0.2) is 0 Å². The quantitative estimate of drug-likeness (QED) is 0.877. The number of hydrogen-bond donors (Lipinski definition) is 1. The van der Waals surface area contributed by atoms with E-state index in [1.165, 1.54) is 12.1 Å². The van der Waals surface area contributed by atoms with Crippen LogP contribution in [0.2, 0.25) is 0 Å². The highest BCUT2D eigenvalue weighted by molar-refractivity contribution is 5.97. The summed E-state index contributed by atoms with van der Waals surface area (Å²) in [6, 6.07) is 13.5. The first-order valence-electron chi connectivity index (χ1n) is 8.57. The van der Waals surface area contributed by atoms with Gasteiger partial charge in [-0.1, -0.05) is 24.3 Å². The van der Waals surface area contributed by atoms with Gasteiger partial charge in [-0.2, -0.15) is 0 Å². The average molecular weight is 342 g/mol. The summed E-state index contributed by atoms with van der Waals surface area (Å²) in [5.74, 6) is 0.799. The van der Waals surface area contributed by atoms with Crippen molar-refractivity contribution in [3.63, 3.8) is 0 Å². The molecule has 0 radical (unpaired) electrons. The number of para-hydroxylation sites is 1. The van der Waals surface area contributed by atoms with Gasteiger partial charge in [0.05, 0.1) is 5.56 Å². The van der Waals surface area contributed by atoms with Gasteiger partial charge in [-0.15, -0.1) is 0 Å². The van der Waals surface area contributed by atoms with Crippen LogP contribution >= 0.6 is 0 Å². The van der Waals surface area contributed by atoms with E-state index < -0.39 is 0 Å². The Balaban J connectivity index is 1.68. The van der Waals surface area contributed by atoms with Crippen LogP contribution in [0.3, 0.4) is 0 Å². The number of ether oxygens (including phenoxy) is 1. The summed E-state index contributed by atoms with van der Waals surface area (Å²) in [6.07, 6.45) is 1.02. The van der Waals surface area contributed by atoms with E-state index in [4.69, 9.17) is 4.74 Å². The molecule has 1 heterocycles. The van der Waals surface area contributed by atoms with Gasteiger partial charge in [0.25, 0.3) is 5.91 Å². The second-order valence-corrected chi connectivity index (χ2v) is 6.37. The van der Waals surface area contributed by atoms with Gasteiger partial charge >= 0.3 is 0 Å². The van der Waals surface area contributed by atoms with E-state index in [-0.39, 0.29) is 11.7 Å². The molecule has 1 aliphatic heterocycles. The average Bonchev–Trinajstić information content (AvgIpc) is 3.10. The van der Waals surface area contributed by atoms with Crippen molar-refractivity contribution in [3.05, 3.63) is 65.5 Å². The Kier molecular flexibility index (Phi) is 5.66. The molecular formula is C20H23FN2O2. The Hall–Kier alpha value is -2.40. The molecule has 2 aromatic rings. The normalized spacial score (nSPS) is 16.9. The van der Waals surface area contributed by atoms with Gasteiger partial charge in [0.2, 0.25) is 0 Å². The highest BCUT2D eigenvalue weighted by Crippen LogP contribution is 2.24. The SMILES string of the molecule is CNC[C@@H]1CCN(C(=O)c2ccccc2OCc2ccc(F)cc2)C1. The fourth-order valence-corrected chi connectivity index (χ4v) is 3.15. The molecule has 25 heavy (non-hydrogen) atoms. The number of likely N-dealkylation sites (tertiary alicyclic amines) is 1. The fraction of sp³-hybridized carbons (Fsp3) is 0.350. The Morgan fingerprint density at radius 3 is 2.76 bits per heavy atom. The molecule has 0 unspecified atom stereocenters. The summed E-state index contributed by atoms with van der Waals surface area (Å²) in [7, 11) is 1.93. The molecule has 0 saturated carbocycles. The molecule has 2 aromatic carbocycles. The van der Waals surface area contributed by atoms with Crippen LogP contribution in [0.4, 0.5) is 4.39 Å². The van der Waals surface area contributed by atoms with E-state index in [0.717, 1.165) is 31.6 Å². The Bertz CT molecular complexity index is 718. The summed E-state index contributed by atoms with van der Waals surface area (Å²) >= 11 is 0. The lowest BCUT2D eigenvalue weighted by Crippen LogP contribution is -2.30. The number of amides is 1. The number of carbonyl (C=O) groups excluding carboxylic acids is 1. The maximum atomic E-state index is 13.0. The minimum absolute atomic E-state index is 0.00769. The van der Waals surface area contributed by atoms with Crippen molar-refractivity contribution >= 4 is 5.91 Å². The predicted molar refractivity (Wildman–Crippen MR) is 95.1 cm³/mol. The minimum Gasteiger partial charge on any atom is -0.488 e. The van der Waals surface area contributed by atoms with Gasteiger partial charge in [0, 0.05) is 13.1 Å². The summed E-state index contributed by atoms with van der Waals surface area (Å²) < 4.78 is 18.8. The Morgan fingerprint density at radius 2 is 2.00 bits per heavy atom. The molecule has 1 amide bonds. The topological polar surface area (TPSA) is 41.6 Å². The van der Waals surface area contributed by atoms with Gasteiger partial charge in [-0.05, 0) is 55.8 Å². The van der Waals surface area contributed by atoms with Crippen LogP contribution in [-0.2, 0) is 6.61 Å². The van der Waals surface area contributed by atoms with E-state index in [1.54, 1.807) is 24.3 Å². The largest absolute Gasteiger partial charge is 0.488 e. The number of rotatable bonds is 6. The van der Waals surface area contributed by atoms with Crippen LogP contribution < -0.4 is 10.1 Å². The first kappa shape index (κ1) is 17.4. The highest BCUT2D eigenvalue weighted by Gasteiger charge is 2.27. The van der Waals surface area contributed by atoms with Gasteiger partial charge in [0.1, 0.15) is 18.2 Å². The summed E-state index contributed by atoms with van der Waals surface area (Å²) in [5.41, 5.74) is 1.44. The summed E-state index contributed by atoms with van der Waals surface area (Å²) in [4.78, 5) is 14.7. The molecule has 1 saturated heterocycles. The van der Waals surface area contributed by atoms with Gasteiger partial charge in [-0.3, -0.25) is 4.79 Å². The Labute approximate surface area is 147 Å². The second-order valence-electron chi connectivity index (χ2n) is 6.37. The van der Waals surface area contributed by atoms with Crippen molar-refractivity contribution in [2.24, 2.45) is 5.92 Å². The standard InChI is InChI=1S/C20H23FN2O2/c1-22-12-16-10-11-23(13-16)20(24)18-4-2-3-5-19(18)25-14-15-6-8-17(21)9-7-15/h2-9,16,22H,10-14H2,1H3/t16-/m0/s1. The first-order chi connectivity index (χ1) is 12.2. The van der Waals surface area contributed by atoms with E-state index in [2.05, 4.69) is 5.32 Å². The molecule has 132 valence electrons. The van der Waals surface area contributed by atoms with E-state index in [9.17, 15) is 9.18 Å². The molecule has 3 rings (SSSR count). The summed E-state index contributed by atoms with van der Waals surface area (Å²) in [6.45, 7) is 2.77. The smallest absolute Gasteiger partial charge is 0.257 e. The maximum absolute atomic E-state index is 13.0. The minimum atomic E-state index is -0.274. The second kappa shape index (κ2) is 8.12. The molecule has 5 heteroatoms. The number of benzene rings is 2. The first-order valence-corrected chi connectivity index (χ1v) is 8.57. The van der Waals surface area contributed by atoms with Crippen LogP contribution in [0.25, 0.3) is 0 Å². The molecule has 0 aliphatic carbocycles. The molecule has 0 aromatic heterocycles. The monoisotopic (exact) mass is 342 g/mol. The van der Waals surface area contributed by atoms with E-state index in [0.29, 0.717) is 23.8 Å². The predicted octanol–water partition coefficient (Wildman–Crippen LogP) is 3.09. The van der Waals surface area contributed by atoms with E-state index >= 15 is 0 Å². The number of halogens is 1. The lowest BCUT2D eigenvalue weighted by Gasteiger charge is -2.19. The molecule has 0 bridgehead atoms. The number of nitrogens with zero attached hydrogens (tertiary/aromatic N) is 1. The van der Waals surface area contributed by atoms with Gasteiger partial charge in [-0.25, -0.2) is 4.39 Å². The number of carbonyl (C=O) groups is 1. The van der Waals surface area contributed by atoms with Gasteiger partial charge < -0.3 is 15.0 Å². The zero-order valence-corrected chi connectivity index (χ0v) is 14.4. The molecule has 0 spiro atoms. The zero-order valence-electron chi connectivity index (χ0n) is 14.4. The van der Waals surface area contributed by atoms with Crippen molar-refractivity contribution in [3.8, 4) is 5.75 Å². The van der Waals surface area contributed by atoms with Crippen molar-refractivity contribution in [2.75, 3.05) is 26.7 Å². The van der Waals surface area contributed by atoms with E-state index in [1.807, 2.05) is 24.1 Å². The number of hydrogen-bond acceptors (Lipinski definition) is 3. The van der Waals surface area contributed by atoms with Crippen LogP contribution in [-0.4, -0.2) is 37.5 Å². The molecule has 4 nitrogen and oxygen atoms in total. The highest BCUT2D eigenvalue weighted by atomic mass is 19.1. The fourth-order valence-electron chi connectivity index (χ4n) is 3.15. The van der Waals surface area contributed by atoms with Crippen molar-refractivity contribution in [2.45, 2.75) is 13.0 Å². The lowest BCUT2D eigenvalue weighted by molar-refractivity contribution is 0.0782. The van der Waals surface area contributed by atoms with Crippen LogP contribution in [0.5, 0.6) is 5.75 Å².